The third-order valence-corrected chi connectivity index (χ3v) is 1.80. The third kappa shape index (κ3) is 1.01. The summed E-state index contributed by atoms with van der Waals surface area (Å²) in [6.07, 6.45) is 2.15. The predicted molar refractivity (Wildman–Crippen MR) is 32.6 cm³/mol. The number of rotatable bonds is 3. The zero-order valence-corrected chi connectivity index (χ0v) is 5.31. The molecule has 0 saturated carbocycles. The maximum Gasteiger partial charge on any atom is 0.0926 e. The van der Waals surface area contributed by atoms with Crippen LogP contribution >= 0.6 is 0 Å². The van der Waals surface area contributed by atoms with Crippen molar-refractivity contribution in [3.05, 3.63) is 0 Å². The van der Waals surface area contributed by atoms with Gasteiger partial charge in [0.15, 0.2) is 0 Å². The van der Waals surface area contributed by atoms with Crippen LogP contribution in [-0.4, -0.2) is 18.8 Å². The van der Waals surface area contributed by atoms with Crippen molar-refractivity contribution in [2.75, 3.05) is 13.2 Å². The number of ether oxygens (including phenoxy) is 1. The smallest absolute Gasteiger partial charge is 0.0926 e. The van der Waals surface area contributed by atoms with Gasteiger partial charge in [-0.05, 0) is 19.4 Å². The second-order valence-corrected chi connectivity index (χ2v) is 2.36. The molecule has 2 heteroatoms. The number of epoxide rings is 1. The van der Waals surface area contributed by atoms with Gasteiger partial charge in [0.25, 0.3) is 0 Å². The summed E-state index contributed by atoms with van der Waals surface area (Å²) in [5, 5.41) is 0. The lowest BCUT2D eigenvalue weighted by atomic mass is 10.0. The summed E-state index contributed by atoms with van der Waals surface area (Å²) in [6.45, 7) is 3.83. The topological polar surface area (TPSA) is 38.5 Å². The molecule has 0 amide bonds. The molecule has 8 heavy (non-hydrogen) atoms. The van der Waals surface area contributed by atoms with Gasteiger partial charge >= 0.3 is 0 Å². The Labute approximate surface area is 50.0 Å². The zero-order valence-electron chi connectivity index (χ0n) is 5.31. The van der Waals surface area contributed by atoms with Crippen molar-refractivity contribution < 1.29 is 4.74 Å². The average Bonchev–Trinajstić information content (AvgIpc) is 2.50. The molecule has 1 fully saturated rings. The first-order valence-electron chi connectivity index (χ1n) is 3.17. The van der Waals surface area contributed by atoms with E-state index in [1.165, 1.54) is 0 Å². The Morgan fingerprint density at radius 3 is 2.50 bits per heavy atom. The van der Waals surface area contributed by atoms with Crippen molar-refractivity contribution in [1.82, 2.24) is 0 Å². The van der Waals surface area contributed by atoms with Crippen LogP contribution in [0, 0.1) is 0 Å². The number of hydrogen-bond acceptors (Lipinski definition) is 2. The molecule has 48 valence electrons. The van der Waals surface area contributed by atoms with Crippen LogP contribution < -0.4 is 5.73 Å². The molecule has 1 aliphatic rings. The maximum atomic E-state index is 5.35. The van der Waals surface area contributed by atoms with Gasteiger partial charge in [0.1, 0.15) is 0 Å². The van der Waals surface area contributed by atoms with Gasteiger partial charge in [0, 0.05) is 0 Å². The number of hydrogen-bond donors (Lipinski definition) is 1. The van der Waals surface area contributed by atoms with Crippen LogP contribution in [0.15, 0.2) is 0 Å². The fourth-order valence-corrected chi connectivity index (χ4v) is 0.890. The second-order valence-electron chi connectivity index (χ2n) is 2.36. The van der Waals surface area contributed by atoms with Gasteiger partial charge in [0.2, 0.25) is 0 Å². The highest BCUT2D eigenvalue weighted by molar-refractivity contribution is 4.90. The van der Waals surface area contributed by atoms with Crippen LogP contribution in [0.5, 0.6) is 0 Å². The Hall–Kier alpha value is -0.0800. The molecule has 0 spiro atoms. The van der Waals surface area contributed by atoms with Gasteiger partial charge in [-0.25, -0.2) is 0 Å². The molecule has 0 aliphatic carbocycles. The molecule has 1 heterocycles. The quantitative estimate of drug-likeness (QED) is 0.544. The van der Waals surface area contributed by atoms with Crippen LogP contribution in [0.4, 0.5) is 0 Å². The molecule has 0 radical (unpaired) electrons. The Morgan fingerprint density at radius 1 is 1.75 bits per heavy atom. The van der Waals surface area contributed by atoms with Gasteiger partial charge in [0.05, 0.1) is 12.2 Å². The SMILES string of the molecule is CCC1(CCN)CO1. The Balaban J connectivity index is 2.20. The normalized spacial score (nSPS) is 35.2. The Bertz CT molecular complexity index is 78.6. The summed E-state index contributed by atoms with van der Waals surface area (Å²) in [7, 11) is 0. The molecule has 1 atom stereocenters. The monoisotopic (exact) mass is 115 g/mol. The van der Waals surface area contributed by atoms with E-state index in [0.717, 1.165) is 26.0 Å². The molecule has 1 aliphatic heterocycles. The van der Waals surface area contributed by atoms with Gasteiger partial charge in [-0.2, -0.15) is 0 Å². The summed E-state index contributed by atoms with van der Waals surface area (Å²) < 4.78 is 5.21. The van der Waals surface area contributed by atoms with E-state index >= 15 is 0 Å². The lowest BCUT2D eigenvalue weighted by molar-refractivity contribution is 0.284. The fourth-order valence-electron chi connectivity index (χ4n) is 0.890. The summed E-state index contributed by atoms with van der Waals surface area (Å²) in [6, 6.07) is 0. The first-order valence-corrected chi connectivity index (χ1v) is 3.17. The van der Waals surface area contributed by atoms with Crippen LogP contribution in [0.2, 0.25) is 0 Å². The zero-order chi connectivity index (χ0) is 6.04. The first kappa shape index (κ1) is 6.05. The minimum absolute atomic E-state index is 0.217. The summed E-state index contributed by atoms with van der Waals surface area (Å²) in [5.74, 6) is 0. The molecule has 0 aromatic rings. The highest BCUT2D eigenvalue weighted by atomic mass is 16.6. The molecule has 1 unspecified atom stereocenters. The fraction of sp³-hybridized carbons (Fsp3) is 1.00. The van der Waals surface area contributed by atoms with E-state index in [0.29, 0.717) is 0 Å². The van der Waals surface area contributed by atoms with Crippen molar-refractivity contribution in [1.29, 1.82) is 0 Å². The molecule has 2 N–H and O–H groups in total. The Kier molecular flexibility index (Phi) is 1.54. The molecular weight excluding hydrogens is 102 g/mol. The van der Waals surface area contributed by atoms with Crippen molar-refractivity contribution in [3.63, 3.8) is 0 Å². The van der Waals surface area contributed by atoms with E-state index in [9.17, 15) is 0 Å². The summed E-state index contributed by atoms with van der Waals surface area (Å²) >= 11 is 0. The third-order valence-electron chi connectivity index (χ3n) is 1.80. The van der Waals surface area contributed by atoms with Crippen LogP contribution in [-0.2, 0) is 4.74 Å². The highest BCUT2D eigenvalue weighted by Gasteiger charge is 2.41. The molecule has 1 rings (SSSR count). The molecule has 0 aromatic carbocycles. The predicted octanol–water partition coefficient (Wildman–Crippen LogP) is 0.514. The van der Waals surface area contributed by atoms with Gasteiger partial charge < -0.3 is 10.5 Å². The van der Waals surface area contributed by atoms with Crippen LogP contribution in [0.3, 0.4) is 0 Å². The minimum Gasteiger partial charge on any atom is -0.370 e. The van der Waals surface area contributed by atoms with E-state index < -0.39 is 0 Å². The maximum absolute atomic E-state index is 5.35. The van der Waals surface area contributed by atoms with E-state index in [2.05, 4.69) is 6.92 Å². The highest BCUT2D eigenvalue weighted by Crippen LogP contribution is 2.33. The summed E-state index contributed by atoms with van der Waals surface area (Å²) in [4.78, 5) is 0. The van der Waals surface area contributed by atoms with Crippen molar-refractivity contribution in [2.24, 2.45) is 5.73 Å². The van der Waals surface area contributed by atoms with Crippen molar-refractivity contribution >= 4 is 0 Å². The molecule has 2 nitrogen and oxygen atoms in total. The molecular formula is C6H13NO. The van der Waals surface area contributed by atoms with E-state index in [4.69, 9.17) is 10.5 Å². The number of nitrogens with two attached hydrogens (primary N) is 1. The van der Waals surface area contributed by atoms with Crippen molar-refractivity contribution in [3.8, 4) is 0 Å². The lowest BCUT2D eigenvalue weighted by Crippen LogP contribution is -2.15. The van der Waals surface area contributed by atoms with E-state index in [-0.39, 0.29) is 5.60 Å². The van der Waals surface area contributed by atoms with Crippen molar-refractivity contribution in [2.45, 2.75) is 25.4 Å². The van der Waals surface area contributed by atoms with E-state index in [1.54, 1.807) is 0 Å². The van der Waals surface area contributed by atoms with Crippen LogP contribution in [0.25, 0.3) is 0 Å². The summed E-state index contributed by atoms with van der Waals surface area (Å²) in [5.41, 5.74) is 5.57. The van der Waals surface area contributed by atoms with Crippen LogP contribution in [0.1, 0.15) is 19.8 Å². The van der Waals surface area contributed by atoms with E-state index in [1.807, 2.05) is 0 Å². The average molecular weight is 115 g/mol. The standard InChI is InChI=1S/C6H13NO/c1-2-6(3-4-7)5-8-6/h2-5,7H2,1H3. The minimum atomic E-state index is 0.217. The lowest BCUT2D eigenvalue weighted by Gasteiger charge is -2.03. The van der Waals surface area contributed by atoms with Gasteiger partial charge in [-0.15, -0.1) is 0 Å². The first-order chi connectivity index (χ1) is 3.83. The van der Waals surface area contributed by atoms with Gasteiger partial charge in [-0.1, -0.05) is 6.92 Å². The largest absolute Gasteiger partial charge is 0.370 e. The molecule has 0 aromatic heterocycles. The second kappa shape index (κ2) is 2.03. The van der Waals surface area contributed by atoms with Gasteiger partial charge in [-0.3, -0.25) is 0 Å². The molecule has 0 bridgehead atoms. The molecule has 1 saturated heterocycles. The Morgan fingerprint density at radius 2 is 2.38 bits per heavy atom.